The summed E-state index contributed by atoms with van der Waals surface area (Å²) in [5.74, 6) is 0.510. The van der Waals surface area contributed by atoms with Crippen molar-refractivity contribution >= 4 is 12.6 Å². The molecule has 1 fully saturated rings. The second-order valence-electron chi connectivity index (χ2n) is 6.68. The average molecular weight is 310 g/mol. The van der Waals surface area contributed by atoms with Gasteiger partial charge in [0.15, 0.2) is 0 Å². The van der Waals surface area contributed by atoms with E-state index < -0.39 is 18.3 Å². The number of benzene rings is 1. The maximum atomic E-state index is 9.10. The van der Waals surface area contributed by atoms with Gasteiger partial charge >= 0.3 is 7.12 Å². The van der Waals surface area contributed by atoms with Crippen molar-refractivity contribution in [2.24, 2.45) is 0 Å². The monoisotopic (exact) mass is 310 g/mol. The molecule has 0 N–H and O–H groups in total. The molecule has 1 aliphatic heterocycles. The summed E-state index contributed by atoms with van der Waals surface area (Å²) in [6.45, 7) is 8.07. The minimum atomic E-state index is -0.448. The summed E-state index contributed by atoms with van der Waals surface area (Å²) >= 11 is 0. The largest absolute Gasteiger partial charge is 0.494 e. The van der Waals surface area contributed by atoms with Crippen LogP contribution in [-0.2, 0) is 15.7 Å². The van der Waals surface area contributed by atoms with Crippen LogP contribution < -0.4 is 5.46 Å². The second kappa shape index (κ2) is 5.52. The molecule has 1 saturated heterocycles. The Labute approximate surface area is 136 Å². The van der Waals surface area contributed by atoms with Crippen LogP contribution in [0, 0.1) is 11.3 Å². The third kappa shape index (κ3) is 2.78. The third-order valence-corrected chi connectivity index (χ3v) is 4.59. The molecule has 0 atom stereocenters. The fourth-order valence-electron chi connectivity index (χ4n) is 2.54. The first-order chi connectivity index (χ1) is 10.8. The van der Waals surface area contributed by atoms with Crippen LogP contribution >= 0.6 is 0 Å². The number of oxazole rings is 1. The van der Waals surface area contributed by atoms with Crippen LogP contribution in [0.5, 0.6) is 0 Å². The summed E-state index contributed by atoms with van der Waals surface area (Å²) in [6, 6.07) is 7.96. The van der Waals surface area contributed by atoms with Crippen LogP contribution in [-0.4, -0.2) is 23.3 Å². The minimum absolute atomic E-state index is 0.269. The zero-order chi connectivity index (χ0) is 16.7. The first-order valence-electron chi connectivity index (χ1n) is 7.59. The molecule has 0 saturated carbocycles. The predicted molar refractivity (Wildman–Crippen MR) is 87.0 cm³/mol. The topological polar surface area (TPSA) is 68.3 Å². The maximum absolute atomic E-state index is 9.10. The molecule has 1 aromatic heterocycles. The van der Waals surface area contributed by atoms with Gasteiger partial charge in [0.25, 0.3) is 0 Å². The smallest absolute Gasteiger partial charge is 0.445 e. The molecule has 1 aliphatic rings. The molecule has 0 unspecified atom stereocenters. The van der Waals surface area contributed by atoms with Gasteiger partial charge in [0.1, 0.15) is 6.26 Å². The van der Waals surface area contributed by atoms with E-state index in [2.05, 4.69) is 11.1 Å². The number of nitriles is 1. The first kappa shape index (κ1) is 15.8. The Morgan fingerprint density at radius 3 is 2.43 bits per heavy atom. The predicted octanol–water partition coefficient (Wildman–Crippen LogP) is 2.71. The van der Waals surface area contributed by atoms with Crippen molar-refractivity contribution in [2.75, 3.05) is 0 Å². The molecule has 23 heavy (non-hydrogen) atoms. The van der Waals surface area contributed by atoms with Gasteiger partial charge in [-0.2, -0.15) is 5.26 Å². The molecule has 5 nitrogen and oxygen atoms in total. The number of aromatic nitrogens is 1. The van der Waals surface area contributed by atoms with E-state index in [1.54, 1.807) is 6.20 Å². The quantitative estimate of drug-likeness (QED) is 0.815. The van der Waals surface area contributed by atoms with Crippen molar-refractivity contribution in [2.45, 2.75) is 45.3 Å². The summed E-state index contributed by atoms with van der Waals surface area (Å²) < 4.78 is 17.5. The maximum Gasteiger partial charge on any atom is 0.494 e. The summed E-state index contributed by atoms with van der Waals surface area (Å²) in [5, 5.41) is 9.10. The van der Waals surface area contributed by atoms with Gasteiger partial charge in [-0.25, -0.2) is 4.98 Å². The lowest BCUT2D eigenvalue weighted by Crippen LogP contribution is -2.41. The minimum Gasteiger partial charge on any atom is -0.445 e. The zero-order valence-corrected chi connectivity index (χ0v) is 13.8. The number of hydrogen-bond acceptors (Lipinski definition) is 5. The van der Waals surface area contributed by atoms with E-state index >= 15 is 0 Å². The molecule has 0 bridgehead atoms. The van der Waals surface area contributed by atoms with Gasteiger partial charge < -0.3 is 13.7 Å². The van der Waals surface area contributed by atoms with Gasteiger partial charge in [-0.05, 0) is 44.8 Å². The number of rotatable bonds is 3. The van der Waals surface area contributed by atoms with Crippen molar-refractivity contribution in [1.29, 1.82) is 5.26 Å². The van der Waals surface area contributed by atoms with E-state index in [-0.39, 0.29) is 6.42 Å². The van der Waals surface area contributed by atoms with Gasteiger partial charge in [0.2, 0.25) is 5.89 Å². The first-order valence-corrected chi connectivity index (χ1v) is 7.59. The lowest BCUT2D eigenvalue weighted by Gasteiger charge is -2.32. The Bertz CT molecular complexity index is 732. The molecule has 0 radical (unpaired) electrons. The van der Waals surface area contributed by atoms with Crippen molar-refractivity contribution in [3.63, 3.8) is 0 Å². The van der Waals surface area contributed by atoms with Crippen molar-refractivity contribution in [3.05, 3.63) is 36.2 Å². The Hall–Kier alpha value is -2.10. The molecule has 2 aromatic rings. The van der Waals surface area contributed by atoms with Gasteiger partial charge in [-0.3, -0.25) is 0 Å². The van der Waals surface area contributed by atoms with E-state index in [1.165, 1.54) is 6.26 Å². The third-order valence-electron chi connectivity index (χ3n) is 4.59. The SMILES string of the molecule is CC1(C)OB(c2ccc(-c3ncco3)c(CC#N)c2)OC1(C)C. The normalized spacial score (nSPS) is 18.8. The molecule has 0 spiro atoms. The molecular weight excluding hydrogens is 291 g/mol. The van der Waals surface area contributed by atoms with Crippen LogP contribution in [0.1, 0.15) is 33.3 Å². The fourth-order valence-corrected chi connectivity index (χ4v) is 2.54. The van der Waals surface area contributed by atoms with Gasteiger partial charge in [-0.1, -0.05) is 12.1 Å². The molecule has 118 valence electrons. The van der Waals surface area contributed by atoms with Crippen molar-refractivity contribution in [3.8, 4) is 17.5 Å². The Morgan fingerprint density at radius 1 is 1.17 bits per heavy atom. The Morgan fingerprint density at radius 2 is 1.87 bits per heavy atom. The molecule has 2 heterocycles. The zero-order valence-electron chi connectivity index (χ0n) is 13.8. The lowest BCUT2D eigenvalue weighted by molar-refractivity contribution is 0.00578. The van der Waals surface area contributed by atoms with Crippen LogP contribution in [0.3, 0.4) is 0 Å². The molecule has 0 amide bonds. The van der Waals surface area contributed by atoms with E-state index in [0.717, 1.165) is 16.6 Å². The summed E-state index contributed by atoms with van der Waals surface area (Å²) in [5.41, 5.74) is 1.77. The number of nitrogens with zero attached hydrogens (tertiary/aromatic N) is 2. The van der Waals surface area contributed by atoms with E-state index in [9.17, 15) is 0 Å². The van der Waals surface area contributed by atoms with E-state index in [0.29, 0.717) is 5.89 Å². The Kier molecular flexibility index (Phi) is 3.79. The molecule has 3 rings (SSSR count). The lowest BCUT2D eigenvalue weighted by atomic mass is 9.77. The molecule has 0 aliphatic carbocycles. The summed E-state index contributed by atoms with van der Waals surface area (Å²) in [4.78, 5) is 4.16. The van der Waals surface area contributed by atoms with Gasteiger partial charge in [0, 0.05) is 5.56 Å². The standard InChI is InChI=1S/C17H19BN2O3/c1-16(2)17(3,4)23-18(22-16)13-5-6-14(12(11-13)7-8-19)15-20-9-10-21-15/h5-6,9-11H,7H2,1-4H3. The van der Waals surface area contributed by atoms with Crippen molar-refractivity contribution < 1.29 is 13.7 Å². The highest BCUT2D eigenvalue weighted by molar-refractivity contribution is 6.62. The fraction of sp³-hybridized carbons (Fsp3) is 0.412. The molecule has 1 aromatic carbocycles. The summed E-state index contributed by atoms with van der Waals surface area (Å²) in [7, 11) is -0.448. The highest BCUT2D eigenvalue weighted by Gasteiger charge is 2.51. The molecular formula is C17H19BN2O3. The van der Waals surface area contributed by atoms with Crippen LogP contribution in [0.15, 0.2) is 35.1 Å². The second-order valence-corrected chi connectivity index (χ2v) is 6.68. The van der Waals surface area contributed by atoms with Gasteiger partial charge in [-0.15, -0.1) is 0 Å². The highest BCUT2D eigenvalue weighted by Crippen LogP contribution is 2.36. The van der Waals surface area contributed by atoms with E-state index in [1.807, 2.05) is 45.9 Å². The average Bonchev–Trinajstić information content (AvgIpc) is 3.06. The van der Waals surface area contributed by atoms with Crippen molar-refractivity contribution in [1.82, 2.24) is 4.98 Å². The van der Waals surface area contributed by atoms with Crippen LogP contribution in [0.4, 0.5) is 0 Å². The van der Waals surface area contributed by atoms with E-state index in [4.69, 9.17) is 19.0 Å². The summed E-state index contributed by atoms with van der Waals surface area (Å²) in [6.07, 6.45) is 3.38. The van der Waals surface area contributed by atoms with Gasteiger partial charge in [0.05, 0.1) is 29.9 Å². The highest BCUT2D eigenvalue weighted by atomic mass is 16.7. The molecule has 6 heteroatoms. The van der Waals surface area contributed by atoms with Crippen LogP contribution in [0.2, 0.25) is 0 Å². The number of hydrogen-bond donors (Lipinski definition) is 0. The van der Waals surface area contributed by atoms with Crippen LogP contribution in [0.25, 0.3) is 11.5 Å². The Balaban J connectivity index is 1.97.